The number of hydrogen-bond donors (Lipinski definition) is 0. The van der Waals surface area contributed by atoms with Crippen molar-refractivity contribution in [2.24, 2.45) is 0 Å². The van der Waals surface area contributed by atoms with E-state index in [9.17, 15) is 4.39 Å². The van der Waals surface area contributed by atoms with Crippen LogP contribution in [-0.2, 0) is 6.54 Å². The molecular formula is C15H21ClFN. The van der Waals surface area contributed by atoms with Crippen LogP contribution in [0.5, 0.6) is 0 Å². The Balaban J connectivity index is 2.03. The van der Waals surface area contributed by atoms with E-state index < -0.39 is 0 Å². The van der Waals surface area contributed by atoms with E-state index >= 15 is 0 Å². The van der Waals surface area contributed by atoms with Gasteiger partial charge < -0.3 is 0 Å². The SMILES string of the molecule is Cc1cc(F)ccc1CN(C)C1CCCCC1Cl. The maximum Gasteiger partial charge on any atom is 0.123 e. The Morgan fingerprint density at radius 3 is 2.72 bits per heavy atom. The molecule has 0 amide bonds. The van der Waals surface area contributed by atoms with Crippen molar-refractivity contribution < 1.29 is 4.39 Å². The van der Waals surface area contributed by atoms with Crippen molar-refractivity contribution in [1.29, 1.82) is 0 Å². The van der Waals surface area contributed by atoms with E-state index in [1.165, 1.54) is 30.9 Å². The predicted molar refractivity (Wildman–Crippen MR) is 74.5 cm³/mol. The van der Waals surface area contributed by atoms with Gasteiger partial charge in [0.05, 0.1) is 0 Å². The third-order valence-corrected chi connectivity index (χ3v) is 4.45. The maximum absolute atomic E-state index is 13.1. The molecule has 0 radical (unpaired) electrons. The lowest BCUT2D eigenvalue weighted by Gasteiger charge is -2.35. The van der Waals surface area contributed by atoms with Crippen LogP contribution in [-0.4, -0.2) is 23.4 Å². The van der Waals surface area contributed by atoms with Gasteiger partial charge in [-0.2, -0.15) is 0 Å². The van der Waals surface area contributed by atoms with Crippen molar-refractivity contribution in [2.75, 3.05) is 7.05 Å². The highest BCUT2D eigenvalue weighted by Gasteiger charge is 2.26. The first-order valence-electron chi connectivity index (χ1n) is 6.67. The molecule has 0 N–H and O–H groups in total. The first kappa shape index (κ1) is 13.8. The highest BCUT2D eigenvalue weighted by atomic mass is 35.5. The largest absolute Gasteiger partial charge is 0.298 e. The number of halogens is 2. The summed E-state index contributed by atoms with van der Waals surface area (Å²) in [6.45, 7) is 2.81. The predicted octanol–water partition coefficient (Wildman–Crippen LogP) is 4.12. The van der Waals surface area contributed by atoms with E-state index in [4.69, 9.17) is 11.6 Å². The van der Waals surface area contributed by atoms with E-state index in [1.807, 2.05) is 13.0 Å². The molecule has 0 heterocycles. The lowest BCUT2D eigenvalue weighted by molar-refractivity contribution is 0.188. The molecule has 0 saturated heterocycles. The normalized spacial score (nSPS) is 24.5. The van der Waals surface area contributed by atoms with Crippen molar-refractivity contribution in [1.82, 2.24) is 4.90 Å². The first-order valence-corrected chi connectivity index (χ1v) is 7.11. The Bertz CT molecular complexity index is 407. The second-order valence-corrected chi connectivity index (χ2v) is 5.91. The zero-order chi connectivity index (χ0) is 13.1. The van der Waals surface area contributed by atoms with Gasteiger partial charge in [0.15, 0.2) is 0 Å². The lowest BCUT2D eigenvalue weighted by Crippen LogP contribution is -2.40. The number of hydrogen-bond acceptors (Lipinski definition) is 1. The van der Waals surface area contributed by atoms with Gasteiger partial charge in [0, 0.05) is 18.0 Å². The molecule has 1 aliphatic carbocycles. The summed E-state index contributed by atoms with van der Waals surface area (Å²) in [5.74, 6) is -0.160. The molecule has 1 fully saturated rings. The van der Waals surface area contributed by atoms with Gasteiger partial charge in [-0.15, -0.1) is 11.6 Å². The Labute approximate surface area is 114 Å². The van der Waals surface area contributed by atoms with Crippen LogP contribution in [0.2, 0.25) is 0 Å². The van der Waals surface area contributed by atoms with Crippen LogP contribution in [0.3, 0.4) is 0 Å². The Hall–Kier alpha value is -0.600. The molecule has 2 atom stereocenters. The van der Waals surface area contributed by atoms with Crippen molar-refractivity contribution in [3.05, 3.63) is 35.1 Å². The van der Waals surface area contributed by atoms with Crippen LogP contribution in [0.1, 0.15) is 36.8 Å². The van der Waals surface area contributed by atoms with E-state index in [2.05, 4.69) is 11.9 Å². The minimum Gasteiger partial charge on any atom is -0.298 e. The molecule has 2 unspecified atom stereocenters. The third-order valence-electron chi connectivity index (χ3n) is 3.94. The molecule has 0 spiro atoms. The van der Waals surface area contributed by atoms with Crippen LogP contribution in [0, 0.1) is 12.7 Å². The van der Waals surface area contributed by atoms with Crippen molar-refractivity contribution in [2.45, 2.75) is 50.6 Å². The maximum atomic E-state index is 13.1. The fourth-order valence-electron chi connectivity index (χ4n) is 2.79. The molecule has 100 valence electrons. The van der Waals surface area contributed by atoms with E-state index in [0.717, 1.165) is 18.5 Å². The zero-order valence-corrected chi connectivity index (χ0v) is 11.9. The van der Waals surface area contributed by atoms with E-state index in [0.29, 0.717) is 6.04 Å². The summed E-state index contributed by atoms with van der Waals surface area (Å²) in [4.78, 5) is 2.32. The zero-order valence-electron chi connectivity index (χ0n) is 11.1. The van der Waals surface area contributed by atoms with Gasteiger partial charge in [0.2, 0.25) is 0 Å². The Kier molecular flexibility index (Phi) is 4.63. The summed E-state index contributed by atoms with van der Waals surface area (Å²) in [5, 5.41) is 0.254. The smallest absolute Gasteiger partial charge is 0.123 e. The summed E-state index contributed by atoms with van der Waals surface area (Å²) in [7, 11) is 2.12. The van der Waals surface area contributed by atoms with Crippen molar-refractivity contribution >= 4 is 11.6 Å². The first-order chi connectivity index (χ1) is 8.58. The topological polar surface area (TPSA) is 3.24 Å². The molecule has 1 aromatic rings. The van der Waals surface area contributed by atoms with Gasteiger partial charge in [0.1, 0.15) is 5.82 Å². The van der Waals surface area contributed by atoms with E-state index in [-0.39, 0.29) is 11.2 Å². The Morgan fingerprint density at radius 2 is 2.06 bits per heavy atom. The third kappa shape index (κ3) is 3.24. The summed E-state index contributed by atoms with van der Waals surface area (Å²) >= 11 is 6.41. The van der Waals surface area contributed by atoms with Crippen LogP contribution in [0.25, 0.3) is 0 Å². The highest BCUT2D eigenvalue weighted by molar-refractivity contribution is 6.21. The molecule has 1 aliphatic rings. The van der Waals surface area contributed by atoms with Crippen LogP contribution >= 0.6 is 11.6 Å². The van der Waals surface area contributed by atoms with Gasteiger partial charge >= 0.3 is 0 Å². The summed E-state index contributed by atoms with van der Waals surface area (Å²) < 4.78 is 13.1. The van der Waals surface area contributed by atoms with Crippen LogP contribution in [0.4, 0.5) is 4.39 Å². The second kappa shape index (κ2) is 6.03. The fraction of sp³-hybridized carbons (Fsp3) is 0.600. The van der Waals surface area contributed by atoms with E-state index in [1.54, 1.807) is 6.07 Å². The molecule has 0 aliphatic heterocycles. The van der Waals surface area contributed by atoms with Gasteiger partial charge in [0.25, 0.3) is 0 Å². The van der Waals surface area contributed by atoms with Crippen molar-refractivity contribution in [3.8, 4) is 0 Å². The average molecular weight is 270 g/mol. The Morgan fingerprint density at radius 1 is 1.33 bits per heavy atom. The molecule has 1 nitrogen and oxygen atoms in total. The fourth-order valence-corrected chi connectivity index (χ4v) is 3.26. The molecule has 3 heteroatoms. The quantitative estimate of drug-likeness (QED) is 0.747. The molecule has 2 rings (SSSR count). The lowest BCUT2D eigenvalue weighted by atomic mass is 9.93. The van der Waals surface area contributed by atoms with Gasteiger partial charge in [-0.1, -0.05) is 18.9 Å². The van der Waals surface area contributed by atoms with Gasteiger partial charge in [-0.3, -0.25) is 4.90 Å². The monoisotopic (exact) mass is 269 g/mol. The number of benzene rings is 1. The summed E-state index contributed by atoms with van der Waals surface area (Å²) in [6.07, 6.45) is 4.79. The molecule has 1 aromatic carbocycles. The average Bonchev–Trinajstić information content (AvgIpc) is 2.33. The number of alkyl halides is 1. The summed E-state index contributed by atoms with van der Waals surface area (Å²) in [6, 6.07) is 5.47. The van der Waals surface area contributed by atoms with Crippen molar-refractivity contribution in [3.63, 3.8) is 0 Å². The number of nitrogens with zero attached hydrogens (tertiary/aromatic N) is 1. The number of rotatable bonds is 3. The minimum absolute atomic E-state index is 0.160. The van der Waals surface area contributed by atoms with Gasteiger partial charge in [-0.25, -0.2) is 4.39 Å². The molecule has 18 heavy (non-hydrogen) atoms. The van der Waals surface area contributed by atoms with Crippen LogP contribution < -0.4 is 0 Å². The molecule has 0 bridgehead atoms. The molecule has 0 aromatic heterocycles. The minimum atomic E-state index is -0.160. The van der Waals surface area contributed by atoms with Gasteiger partial charge in [-0.05, 0) is 50.1 Å². The molecular weight excluding hydrogens is 249 g/mol. The standard InChI is InChI=1S/C15H21ClFN/c1-11-9-13(17)8-7-12(11)10-18(2)15-6-4-3-5-14(15)16/h7-9,14-15H,3-6,10H2,1-2H3. The second-order valence-electron chi connectivity index (χ2n) is 5.35. The molecule has 1 saturated carbocycles. The highest BCUT2D eigenvalue weighted by Crippen LogP contribution is 2.27. The van der Waals surface area contributed by atoms with Crippen LogP contribution in [0.15, 0.2) is 18.2 Å². The summed E-state index contributed by atoms with van der Waals surface area (Å²) in [5.41, 5.74) is 2.21. The number of aryl methyl sites for hydroxylation is 1.